The maximum atomic E-state index is 12.2. The number of hydrogen-bond acceptors (Lipinski definition) is 7. The van der Waals surface area contributed by atoms with E-state index in [2.05, 4.69) is 15.3 Å². The maximum Gasteiger partial charge on any atom is 0.405 e. The van der Waals surface area contributed by atoms with E-state index in [0.717, 1.165) is 11.1 Å². The monoisotopic (exact) mass is 488 g/mol. The second-order valence-corrected chi connectivity index (χ2v) is 9.43. The van der Waals surface area contributed by atoms with Gasteiger partial charge in [-0.3, -0.25) is 4.79 Å². The fraction of sp³-hybridized carbons (Fsp3) is 0.304. The van der Waals surface area contributed by atoms with Crippen LogP contribution in [0.5, 0.6) is 5.75 Å². The Morgan fingerprint density at radius 3 is 2.58 bits per heavy atom. The smallest absolute Gasteiger partial charge is 0.405 e. The lowest BCUT2D eigenvalue weighted by atomic mass is 9.95. The highest BCUT2D eigenvalue weighted by Crippen LogP contribution is 2.32. The first-order chi connectivity index (χ1) is 15.6. The van der Waals surface area contributed by atoms with Crippen molar-refractivity contribution in [3.63, 3.8) is 0 Å². The van der Waals surface area contributed by atoms with Crippen LogP contribution < -0.4 is 15.8 Å². The van der Waals surface area contributed by atoms with E-state index in [1.54, 1.807) is 42.9 Å². The van der Waals surface area contributed by atoms with Gasteiger partial charge in [-0.05, 0) is 54.7 Å². The summed E-state index contributed by atoms with van der Waals surface area (Å²) in [4.78, 5) is 31.7. The Hall–Kier alpha value is -3.17. The number of pyridine rings is 1. The molecule has 0 aliphatic heterocycles. The van der Waals surface area contributed by atoms with Gasteiger partial charge in [-0.15, -0.1) is 11.3 Å². The Bertz CT molecular complexity index is 1120. The average Bonchev–Trinajstić information content (AvgIpc) is 3.27. The van der Waals surface area contributed by atoms with E-state index in [4.69, 9.17) is 26.8 Å². The lowest BCUT2D eigenvalue weighted by Gasteiger charge is -2.30. The Balaban J connectivity index is 1.72. The van der Waals surface area contributed by atoms with Crippen molar-refractivity contribution in [2.24, 2.45) is 11.7 Å². The number of nitrogens with one attached hydrogen (secondary N) is 1. The molecule has 33 heavy (non-hydrogen) atoms. The number of halogens is 1. The van der Waals surface area contributed by atoms with Crippen molar-refractivity contribution in [1.29, 1.82) is 0 Å². The van der Waals surface area contributed by atoms with Gasteiger partial charge in [-0.1, -0.05) is 31.5 Å². The van der Waals surface area contributed by atoms with Crippen LogP contribution in [0.15, 0.2) is 48.1 Å². The molecule has 0 unspecified atom stereocenters. The van der Waals surface area contributed by atoms with Crippen molar-refractivity contribution in [2.75, 3.05) is 11.9 Å². The number of ether oxygens (including phenoxy) is 2. The van der Waals surface area contributed by atoms with Crippen LogP contribution in [-0.4, -0.2) is 34.2 Å². The third-order valence-corrected chi connectivity index (χ3v) is 5.68. The molecule has 0 fully saturated rings. The molecule has 0 aliphatic carbocycles. The molecule has 2 amide bonds. The summed E-state index contributed by atoms with van der Waals surface area (Å²) in [5.41, 5.74) is 5.98. The number of carbonyl (C=O) groups is 2. The lowest BCUT2D eigenvalue weighted by molar-refractivity contribution is -0.0186. The van der Waals surface area contributed by atoms with Gasteiger partial charge in [0.05, 0.1) is 5.02 Å². The van der Waals surface area contributed by atoms with E-state index in [1.165, 1.54) is 11.3 Å². The molecule has 0 saturated carbocycles. The molecule has 2 aromatic heterocycles. The summed E-state index contributed by atoms with van der Waals surface area (Å²) in [6.07, 6.45) is 2.90. The first-order valence-electron chi connectivity index (χ1n) is 10.2. The molecular formula is C23H25ClN4O4S. The number of rotatable bonds is 9. The van der Waals surface area contributed by atoms with Crippen LogP contribution >= 0.6 is 22.9 Å². The topological polar surface area (TPSA) is 116 Å². The number of nitrogens with zero attached hydrogens (tertiary/aromatic N) is 2. The Morgan fingerprint density at radius 2 is 1.94 bits per heavy atom. The zero-order valence-electron chi connectivity index (χ0n) is 18.5. The lowest BCUT2D eigenvalue weighted by Crippen LogP contribution is -2.41. The summed E-state index contributed by atoms with van der Waals surface area (Å²) in [6.45, 7) is 5.92. The van der Waals surface area contributed by atoms with Crippen molar-refractivity contribution in [3.05, 3.63) is 58.1 Å². The highest BCUT2D eigenvalue weighted by Gasteiger charge is 2.30. The molecule has 2 heterocycles. The molecule has 3 rings (SSSR count). The predicted octanol–water partition coefficient (Wildman–Crippen LogP) is 5.39. The van der Waals surface area contributed by atoms with Crippen LogP contribution in [0.2, 0.25) is 5.02 Å². The van der Waals surface area contributed by atoms with E-state index < -0.39 is 11.7 Å². The van der Waals surface area contributed by atoms with Gasteiger partial charge in [0.15, 0.2) is 5.01 Å². The molecule has 0 saturated heterocycles. The third kappa shape index (κ3) is 6.90. The van der Waals surface area contributed by atoms with Gasteiger partial charge in [0.25, 0.3) is 5.91 Å². The number of primary amides is 1. The molecule has 0 radical (unpaired) electrons. The van der Waals surface area contributed by atoms with Gasteiger partial charge >= 0.3 is 6.09 Å². The van der Waals surface area contributed by atoms with Crippen LogP contribution in [-0.2, 0) is 4.74 Å². The van der Waals surface area contributed by atoms with Gasteiger partial charge in [0, 0.05) is 17.8 Å². The summed E-state index contributed by atoms with van der Waals surface area (Å²) in [6, 6.07) is 8.90. The molecule has 3 N–H and O–H groups in total. The zero-order valence-corrected chi connectivity index (χ0v) is 20.1. The van der Waals surface area contributed by atoms with Crippen LogP contribution in [0.25, 0.3) is 11.1 Å². The molecule has 0 aliphatic rings. The molecular weight excluding hydrogens is 464 g/mol. The average molecular weight is 489 g/mol. The number of amides is 2. The van der Waals surface area contributed by atoms with Crippen LogP contribution in [0, 0.1) is 5.92 Å². The van der Waals surface area contributed by atoms with Crippen molar-refractivity contribution >= 4 is 40.8 Å². The van der Waals surface area contributed by atoms with Gasteiger partial charge < -0.3 is 20.5 Å². The van der Waals surface area contributed by atoms with E-state index in [9.17, 15) is 9.59 Å². The standard InChI is InChI=1S/C23H25ClN4O4S/c1-14(2)12-23(3,32-22(25)30)13-31-18-5-4-15(10-17(18)24)16-6-7-26-19(11-16)28-20(29)21-27-8-9-33-21/h4-11,14H,12-13H2,1-3H3,(H2,25,30)(H,26,28,29)/t23-/m0/s1. The molecule has 10 heteroatoms. The first-order valence-corrected chi connectivity index (χ1v) is 11.5. The van der Waals surface area contributed by atoms with E-state index >= 15 is 0 Å². The minimum absolute atomic E-state index is 0.107. The number of aromatic nitrogens is 2. The maximum absolute atomic E-state index is 12.2. The van der Waals surface area contributed by atoms with Crippen LogP contribution in [0.4, 0.5) is 10.6 Å². The number of nitrogens with two attached hydrogens (primary N) is 1. The van der Waals surface area contributed by atoms with Gasteiger partial charge in [-0.25, -0.2) is 14.8 Å². The summed E-state index contributed by atoms with van der Waals surface area (Å²) in [7, 11) is 0. The molecule has 174 valence electrons. The van der Waals surface area contributed by atoms with Crippen molar-refractivity contribution in [2.45, 2.75) is 32.8 Å². The summed E-state index contributed by atoms with van der Waals surface area (Å²) in [5, 5.41) is 5.22. The van der Waals surface area contributed by atoms with Crippen molar-refractivity contribution < 1.29 is 19.1 Å². The number of hydrogen-bond donors (Lipinski definition) is 2. The Labute approximate surface area is 201 Å². The number of thiazole rings is 1. The first kappa shape index (κ1) is 24.5. The van der Waals surface area contributed by atoms with Crippen LogP contribution in [0.1, 0.15) is 37.0 Å². The minimum atomic E-state index is -0.877. The molecule has 3 aromatic rings. The van der Waals surface area contributed by atoms with E-state index in [-0.39, 0.29) is 18.4 Å². The second kappa shape index (κ2) is 10.6. The zero-order chi connectivity index (χ0) is 24.0. The molecule has 0 bridgehead atoms. The highest BCUT2D eigenvalue weighted by molar-refractivity contribution is 7.11. The molecule has 8 nitrogen and oxygen atoms in total. The predicted molar refractivity (Wildman–Crippen MR) is 129 cm³/mol. The number of carbonyl (C=O) groups excluding carboxylic acids is 2. The quantitative estimate of drug-likeness (QED) is 0.417. The number of anilines is 1. The van der Waals surface area contributed by atoms with Gasteiger partial charge in [0.1, 0.15) is 23.8 Å². The normalized spacial score (nSPS) is 12.8. The third-order valence-electron chi connectivity index (χ3n) is 4.61. The summed E-state index contributed by atoms with van der Waals surface area (Å²) in [5.74, 6) is 0.804. The Morgan fingerprint density at radius 1 is 1.18 bits per heavy atom. The molecule has 1 atom stereocenters. The molecule has 1 aromatic carbocycles. The SMILES string of the molecule is CC(C)C[C@@](C)(COc1ccc(-c2ccnc(NC(=O)c3nccs3)c2)cc1Cl)OC(N)=O. The van der Waals surface area contributed by atoms with E-state index in [1.807, 2.05) is 26.0 Å². The van der Waals surface area contributed by atoms with E-state index in [0.29, 0.717) is 28.0 Å². The summed E-state index contributed by atoms with van der Waals surface area (Å²) < 4.78 is 11.2. The fourth-order valence-electron chi connectivity index (χ4n) is 3.45. The van der Waals surface area contributed by atoms with Crippen LogP contribution in [0.3, 0.4) is 0 Å². The van der Waals surface area contributed by atoms with Crippen molar-refractivity contribution in [3.8, 4) is 16.9 Å². The Kier molecular flexibility index (Phi) is 7.88. The minimum Gasteiger partial charge on any atom is -0.488 e. The summed E-state index contributed by atoms with van der Waals surface area (Å²) >= 11 is 7.71. The van der Waals surface area contributed by atoms with Crippen molar-refractivity contribution in [1.82, 2.24) is 9.97 Å². The molecule has 0 spiro atoms. The largest absolute Gasteiger partial charge is 0.488 e. The fourth-order valence-corrected chi connectivity index (χ4v) is 4.21. The number of benzene rings is 1. The van der Waals surface area contributed by atoms with Gasteiger partial charge in [0.2, 0.25) is 0 Å². The highest BCUT2D eigenvalue weighted by atomic mass is 35.5. The van der Waals surface area contributed by atoms with Gasteiger partial charge in [-0.2, -0.15) is 0 Å². The second-order valence-electron chi connectivity index (χ2n) is 8.12.